The highest BCUT2D eigenvalue weighted by Gasteiger charge is 2.04. The summed E-state index contributed by atoms with van der Waals surface area (Å²) in [7, 11) is 0. The fourth-order valence-electron chi connectivity index (χ4n) is 1.73. The molecule has 3 rings (SSSR count). The Bertz CT molecular complexity index is 643. The summed E-state index contributed by atoms with van der Waals surface area (Å²) in [4.78, 5) is 0. The summed E-state index contributed by atoms with van der Waals surface area (Å²) in [5.41, 5.74) is 1.67. The van der Waals surface area contributed by atoms with Gasteiger partial charge in [0.1, 0.15) is 5.82 Å². The molecule has 0 unspecified atom stereocenters. The quantitative estimate of drug-likeness (QED) is 0.605. The Hall–Kier alpha value is -2.16. The minimum absolute atomic E-state index is 0.261. The molecule has 77 valence electrons. The van der Waals surface area contributed by atoms with Gasteiger partial charge in [-0.2, -0.15) is 5.10 Å². The molecule has 0 aliphatic heterocycles. The minimum atomic E-state index is -0.261. The van der Waals surface area contributed by atoms with Gasteiger partial charge in [0.2, 0.25) is 0 Å². The Morgan fingerprint density at radius 1 is 1.25 bits per heavy atom. The predicted octanol–water partition coefficient (Wildman–Crippen LogP) is 2.96. The van der Waals surface area contributed by atoms with Gasteiger partial charge in [0.15, 0.2) is 0 Å². The van der Waals surface area contributed by atoms with Crippen molar-refractivity contribution < 1.29 is 4.39 Å². The highest BCUT2D eigenvalue weighted by molar-refractivity contribution is 5.79. The molecule has 0 aliphatic rings. The molecule has 0 saturated heterocycles. The Balaban J connectivity index is 2.26. The number of hydrogen-bond acceptors (Lipinski definition) is 1. The van der Waals surface area contributed by atoms with Crippen LogP contribution in [0.1, 0.15) is 0 Å². The lowest BCUT2D eigenvalue weighted by molar-refractivity contribution is 0.626. The smallest absolute Gasteiger partial charge is 0.125 e. The Morgan fingerprint density at radius 3 is 3.06 bits per heavy atom. The molecule has 1 radical (unpaired) electrons. The highest BCUT2D eigenvalue weighted by Crippen LogP contribution is 2.17. The molecular formula is C13H8FN2. The monoisotopic (exact) mass is 211 g/mol. The fourth-order valence-corrected chi connectivity index (χ4v) is 1.73. The largest absolute Gasteiger partial charge is 0.233 e. The van der Waals surface area contributed by atoms with Gasteiger partial charge in [0, 0.05) is 5.39 Å². The van der Waals surface area contributed by atoms with E-state index in [1.54, 1.807) is 16.9 Å². The molecule has 1 heterocycles. The molecule has 0 fully saturated rings. The molecule has 0 amide bonds. The molecule has 2 nitrogen and oxygen atoms in total. The van der Waals surface area contributed by atoms with Gasteiger partial charge >= 0.3 is 0 Å². The lowest BCUT2D eigenvalue weighted by atomic mass is 10.2. The van der Waals surface area contributed by atoms with Crippen LogP contribution in [0.5, 0.6) is 0 Å². The first-order chi connectivity index (χ1) is 7.84. The zero-order valence-electron chi connectivity index (χ0n) is 8.39. The van der Waals surface area contributed by atoms with Gasteiger partial charge in [-0.3, -0.25) is 0 Å². The van der Waals surface area contributed by atoms with Crippen molar-refractivity contribution in [3.8, 4) is 5.69 Å². The summed E-state index contributed by atoms with van der Waals surface area (Å²) in [6, 6.07) is 15.0. The van der Waals surface area contributed by atoms with Crippen molar-refractivity contribution in [2.75, 3.05) is 0 Å². The highest BCUT2D eigenvalue weighted by atomic mass is 19.1. The standard InChI is InChI=1S/C13H8FN2/c14-11-5-3-6-12(8-11)16-13-7-2-1-4-10(13)9-15-16/h2-9H. The lowest BCUT2D eigenvalue weighted by Gasteiger charge is -2.02. The van der Waals surface area contributed by atoms with E-state index in [1.165, 1.54) is 12.1 Å². The van der Waals surface area contributed by atoms with Gasteiger partial charge in [0.25, 0.3) is 0 Å². The predicted molar refractivity (Wildman–Crippen MR) is 59.9 cm³/mol. The number of benzene rings is 2. The average Bonchev–Trinajstić information content (AvgIpc) is 2.72. The maximum absolute atomic E-state index is 13.1. The number of hydrogen-bond donors (Lipinski definition) is 0. The molecule has 3 aromatic rings. The van der Waals surface area contributed by atoms with E-state index in [-0.39, 0.29) is 5.82 Å². The van der Waals surface area contributed by atoms with Crippen LogP contribution in [0, 0.1) is 11.9 Å². The molecule has 0 bridgehead atoms. The molecule has 3 heteroatoms. The normalized spacial score (nSPS) is 10.8. The molecule has 0 N–H and O–H groups in total. The maximum atomic E-state index is 13.1. The van der Waals surface area contributed by atoms with Crippen LogP contribution < -0.4 is 0 Å². The Kier molecular flexibility index (Phi) is 1.96. The van der Waals surface area contributed by atoms with Crippen LogP contribution in [0.4, 0.5) is 4.39 Å². The second-order valence-corrected chi connectivity index (χ2v) is 3.52. The van der Waals surface area contributed by atoms with Crippen molar-refractivity contribution in [1.29, 1.82) is 0 Å². The van der Waals surface area contributed by atoms with Crippen LogP contribution in [-0.4, -0.2) is 9.78 Å². The first-order valence-corrected chi connectivity index (χ1v) is 4.94. The van der Waals surface area contributed by atoms with E-state index in [2.05, 4.69) is 11.2 Å². The SMILES string of the molecule is Fc1cccc(-n2ncc3c[c]ccc32)c1. The summed E-state index contributed by atoms with van der Waals surface area (Å²) >= 11 is 0. The summed E-state index contributed by atoms with van der Waals surface area (Å²) in [6.07, 6.45) is 1.75. The fraction of sp³-hybridized carbons (Fsp3) is 0. The minimum Gasteiger partial charge on any atom is -0.233 e. The van der Waals surface area contributed by atoms with Crippen LogP contribution >= 0.6 is 0 Å². The van der Waals surface area contributed by atoms with E-state index in [9.17, 15) is 4.39 Å². The topological polar surface area (TPSA) is 17.8 Å². The third-order valence-corrected chi connectivity index (χ3v) is 2.47. The average molecular weight is 211 g/mol. The van der Waals surface area contributed by atoms with Crippen LogP contribution in [0.2, 0.25) is 0 Å². The lowest BCUT2D eigenvalue weighted by Crippen LogP contribution is -1.95. The third-order valence-electron chi connectivity index (χ3n) is 2.47. The van der Waals surface area contributed by atoms with Gasteiger partial charge < -0.3 is 0 Å². The van der Waals surface area contributed by atoms with E-state index in [0.29, 0.717) is 0 Å². The first-order valence-electron chi connectivity index (χ1n) is 4.94. The Morgan fingerprint density at radius 2 is 2.19 bits per heavy atom. The van der Waals surface area contributed by atoms with Gasteiger partial charge in [-0.25, -0.2) is 9.07 Å². The number of rotatable bonds is 1. The molecule has 0 spiro atoms. The van der Waals surface area contributed by atoms with Gasteiger partial charge in [0.05, 0.1) is 17.4 Å². The van der Waals surface area contributed by atoms with Crippen LogP contribution in [0.25, 0.3) is 16.6 Å². The second kappa shape index (κ2) is 3.45. The zero-order chi connectivity index (χ0) is 11.0. The van der Waals surface area contributed by atoms with Crippen molar-refractivity contribution in [2.45, 2.75) is 0 Å². The second-order valence-electron chi connectivity index (χ2n) is 3.52. The van der Waals surface area contributed by atoms with Gasteiger partial charge in [-0.15, -0.1) is 0 Å². The van der Waals surface area contributed by atoms with Crippen molar-refractivity contribution in [2.24, 2.45) is 0 Å². The molecule has 0 aliphatic carbocycles. The van der Waals surface area contributed by atoms with E-state index in [4.69, 9.17) is 0 Å². The molecule has 1 aromatic heterocycles. The number of aromatic nitrogens is 2. The summed E-state index contributed by atoms with van der Waals surface area (Å²) in [5.74, 6) is -0.261. The maximum Gasteiger partial charge on any atom is 0.125 e. The van der Waals surface area contributed by atoms with Crippen LogP contribution in [0.3, 0.4) is 0 Å². The Labute approximate surface area is 91.9 Å². The summed E-state index contributed by atoms with van der Waals surface area (Å²) < 4.78 is 14.8. The summed E-state index contributed by atoms with van der Waals surface area (Å²) in [5, 5.41) is 5.23. The van der Waals surface area contributed by atoms with E-state index in [1.807, 2.05) is 24.3 Å². The van der Waals surface area contributed by atoms with E-state index in [0.717, 1.165) is 16.6 Å². The molecule has 16 heavy (non-hydrogen) atoms. The van der Waals surface area contributed by atoms with Crippen molar-refractivity contribution in [1.82, 2.24) is 9.78 Å². The van der Waals surface area contributed by atoms with Crippen molar-refractivity contribution >= 4 is 10.9 Å². The van der Waals surface area contributed by atoms with Gasteiger partial charge in [-0.05, 0) is 36.4 Å². The van der Waals surface area contributed by atoms with E-state index < -0.39 is 0 Å². The third kappa shape index (κ3) is 1.37. The molecule has 0 atom stereocenters. The number of fused-ring (bicyclic) bond motifs is 1. The van der Waals surface area contributed by atoms with Crippen molar-refractivity contribution in [3.05, 3.63) is 60.5 Å². The number of halogens is 1. The molecular weight excluding hydrogens is 203 g/mol. The molecule has 2 aromatic carbocycles. The summed E-state index contributed by atoms with van der Waals surface area (Å²) in [6.45, 7) is 0. The van der Waals surface area contributed by atoms with Crippen molar-refractivity contribution in [3.63, 3.8) is 0 Å². The van der Waals surface area contributed by atoms with E-state index >= 15 is 0 Å². The van der Waals surface area contributed by atoms with Crippen LogP contribution in [0.15, 0.2) is 48.7 Å². The van der Waals surface area contributed by atoms with Gasteiger partial charge in [-0.1, -0.05) is 12.1 Å². The van der Waals surface area contributed by atoms with Crippen LogP contribution in [-0.2, 0) is 0 Å². The molecule has 0 saturated carbocycles. The number of nitrogens with zero attached hydrogens (tertiary/aromatic N) is 2. The first kappa shape index (κ1) is 9.09. The zero-order valence-corrected chi connectivity index (χ0v) is 8.39.